The van der Waals surface area contributed by atoms with Crippen molar-refractivity contribution >= 4 is 17.5 Å². The molecule has 0 saturated heterocycles. The highest BCUT2D eigenvalue weighted by molar-refractivity contribution is 5.61. The fourth-order valence-corrected chi connectivity index (χ4v) is 2.95. The van der Waals surface area contributed by atoms with Crippen LogP contribution in [0.5, 0.6) is 11.5 Å². The lowest BCUT2D eigenvalue weighted by Crippen LogP contribution is -2.15. The summed E-state index contributed by atoms with van der Waals surface area (Å²) in [7, 11) is 0. The number of ether oxygens (including phenoxy) is 2. The first-order valence-corrected chi connectivity index (χ1v) is 9.16. The van der Waals surface area contributed by atoms with Crippen LogP contribution in [0.3, 0.4) is 0 Å². The lowest BCUT2D eigenvalue weighted by Gasteiger charge is -2.19. The third kappa shape index (κ3) is 4.49. The van der Waals surface area contributed by atoms with E-state index in [0.717, 1.165) is 34.9 Å². The molecule has 28 heavy (non-hydrogen) atoms. The van der Waals surface area contributed by atoms with Gasteiger partial charge in [0.15, 0.2) is 11.5 Å². The lowest BCUT2D eigenvalue weighted by molar-refractivity contribution is 0.171. The number of anilines is 3. The molecule has 1 aliphatic rings. The zero-order chi connectivity index (χ0) is 19.3. The van der Waals surface area contributed by atoms with Crippen molar-refractivity contribution in [2.45, 2.75) is 13.3 Å². The predicted molar refractivity (Wildman–Crippen MR) is 106 cm³/mol. The average Bonchev–Trinajstić information content (AvgIpc) is 2.69. The molecule has 2 heterocycles. The second kappa shape index (κ2) is 8.12. The standard InChI is InChI=1S/C21H21FN4O2/c1-14-12-20(23-9-8-15-2-4-16(22)5-3-15)26-21(24-14)25-17-6-7-18-19(13-17)28-11-10-27-18/h2-7,12-13H,8-11H2,1H3,(H2,23,24,25,26). The van der Waals surface area contributed by atoms with E-state index in [1.165, 1.54) is 12.1 Å². The molecule has 144 valence electrons. The van der Waals surface area contributed by atoms with E-state index in [1.807, 2.05) is 31.2 Å². The van der Waals surface area contributed by atoms with Crippen LogP contribution in [0, 0.1) is 12.7 Å². The van der Waals surface area contributed by atoms with Gasteiger partial charge >= 0.3 is 0 Å². The summed E-state index contributed by atoms with van der Waals surface area (Å²) in [5, 5.41) is 6.51. The minimum Gasteiger partial charge on any atom is -0.486 e. The van der Waals surface area contributed by atoms with E-state index in [-0.39, 0.29) is 5.82 Å². The Labute approximate surface area is 162 Å². The van der Waals surface area contributed by atoms with Gasteiger partial charge in [0.05, 0.1) is 0 Å². The lowest BCUT2D eigenvalue weighted by atomic mass is 10.1. The molecular weight excluding hydrogens is 359 g/mol. The summed E-state index contributed by atoms with van der Waals surface area (Å²) >= 11 is 0. The van der Waals surface area contributed by atoms with Crippen LogP contribution in [0.25, 0.3) is 0 Å². The zero-order valence-electron chi connectivity index (χ0n) is 15.5. The smallest absolute Gasteiger partial charge is 0.229 e. The Morgan fingerprint density at radius 1 is 0.964 bits per heavy atom. The van der Waals surface area contributed by atoms with Gasteiger partial charge in [-0.2, -0.15) is 4.98 Å². The Morgan fingerprint density at radius 3 is 2.57 bits per heavy atom. The highest BCUT2D eigenvalue weighted by Gasteiger charge is 2.12. The number of halogens is 1. The summed E-state index contributed by atoms with van der Waals surface area (Å²) in [6.45, 7) is 3.71. The molecule has 3 aromatic rings. The van der Waals surface area contributed by atoms with Gasteiger partial charge in [0, 0.05) is 30.1 Å². The molecule has 0 spiro atoms. The quantitative estimate of drug-likeness (QED) is 0.671. The summed E-state index contributed by atoms with van der Waals surface area (Å²) in [4.78, 5) is 8.96. The number of nitrogens with one attached hydrogen (secondary N) is 2. The van der Waals surface area contributed by atoms with Gasteiger partial charge in [0.2, 0.25) is 5.95 Å². The normalized spacial score (nSPS) is 12.5. The second-order valence-corrected chi connectivity index (χ2v) is 6.50. The van der Waals surface area contributed by atoms with E-state index in [0.29, 0.717) is 31.5 Å². The molecule has 0 unspecified atom stereocenters. The number of aryl methyl sites for hydroxylation is 1. The molecule has 0 radical (unpaired) electrons. The van der Waals surface area contributed by atoms with Crippen LogP contribution in [0.4, 0.5) is 21.8 Å². The molecule has 0 amide bonds. The number of benzene rings is 2. The molecule has 0 atom stereocenters. The van der Waals surface area contributed by atoms with Gasteiger partial charge in [0.1, 0.15) is 24.8 Å². The van der Waals surface area contributed by atoms with Crippen LogP contribution in [0.1, 0.15) is 11.3 Å². The molecule has 0 bridgehead atoms. The van der Waals surface area contributed by atoms with Crippen molar-refractivity contribution in [1.82, 2.24) is 9.97 Å². The molecule has 6 nitrogen and oxygen atoms in total. The number of nitrogens with zero attached hydrogens (tertiary/aromatic N) is 2. The minimum atomic E-state index is -0.224. The highest BCUT2D eigenvalue weighted by atomic mass is 19.1. The minimum absolute atomic E-state index is 0.224. The van der Waals surface area contributed by atoms with E-state index < -0.39 is 0 Å². The molecule has 0 saturated carbocycles. The van der Waals surface area contributed by atoms with E-state index in [1.54, 1.807) is 12.1 Å². The third-order valence-electron chi connectivity index (χ3n) is 4.29. The molecule has 7 heteroatoms. The zero-order valence-corrected chi connectivity index (χ0v) is 15.5. The fourth-order valence-electron chi connectivity index (χ4n) is 2.95. The average molecular weight is 380 g/mol. The van der Waals surface area contributed by atoms with Crippen molar-refractivity contribution in [3.63, 3.8) is 0 Å². The maximum absolute atomic E-state index is 13.0. The molecule has 1 aromatic heterocycles. The first-order valence-electron chi connectivity index (χ1n) is 9.16. The van der Waals surface area contributed by atoms with E-state index in [2.05, 4.69) is 20.6 Å². The number of rotatable bonds is 6. The van der Waals surface area contributed by atoms with Crippen LogP contribution < -0.4 is 20.1 Å². The summed E-state index contributed by atoms with van der Waals surface area (Å²) in [6.07, 6.45) is 0.772. The summed E-state index contributed by atoms with van der Waals surface area (Å²) in [5.74, 6) is 2.46. The van der Waals surface area contributed by atoms with Crippen molar-refractivity contribution in [3.8, 4) is 11.5 Å². The van der Waals surface area contributed by atoms with Crippen LogP contribution >= 0.6 is 0 Å². The maximum atomic E-state index is 13.0. The van der Waals surface area contributed by atoms with Crippen LogP contribution in [0.2, 0.25) is 0 Å². The first kappa shape index (κ1) is 18.0. The van der Waals surface area contributed by atoms with Crippen molar-refractivity contribution in [2.75, 3.05) is 30.4 Å². The van der Waals surface area contributed by atoms with Gasteiger partial charge in [0.25, 0.3) is 0 Å². The molecule has 0 fully saturated rings. The van der Waals surface area contributed by atoms with Gasteiger partial charge < -0.3 is 20.1 Å². The van der Waals surface area contributed by atoms with Gasteiger partial charge in [-0.3, -0.25) is 0 Å². The number of fused-ring (bicyclic) bond motifs is 1. The van der Waals surface area contributed by atoms with Crippen molar-refractivity contribution in [2.24, 2.45) is 0 Å². The van der Waals surface area contributed by atoms with E-state index >= 15 is 0 Å². The molecule has 2 aromatic carbocycles. The van der Waals surface area contributed by atoms with Crippen LogP contribution in [-0.4, -0.2) is 29.7 Å². The van der Waals surface area contributed by atoms with E-state index in [9.17, 15) is 4.39 Å². The van der Waals surface area contributed by atoms with Crippen LogP contribution in [0.15, 0.2) is 48.5 Å². The summed E-state index contributed by atoms with van der Waals surface area (Å²) < 4.78 is 24.1. The van der Waals surface area contributed by atoms with Gasteiger partial charge in [-0.1, -0.05) is 12.1 Å². The Kier molecular flexibility index (Phi) is 5.23. The first-order chi connectivity index (χ1) is 13.7. The Bertz CT molecular complexity index is 963. The summed E-state index contributed by atoms with van der Waals surface area (Å²) in [5.41, 5.74) is 2.74. The number of aromatic nitrogens is 2. The second-order valence-electron chi connectivity index (χ2n) is 6.50. The Morgan fingerprint density at radius 2 is 1.75 bits per heavy atom. The van der Waals surface area contributed by atoms with Gasteiger partial charge in [-0.05, 0) is 43.2 Å². The molecule has 4 rings (SSSR count). The number of hydrogen-bond acceptors (Lipinski definition) is 6. The number of hydrogen-bond donors (Lipinski definition) is 2. The Hall–Kier alpha value is -3.35. The topological polar surface area (TPSA) is 68.3 Å². The highest BCUT2D eigenvalue weighted by Crippen LogP contribution is 2.33. The van der Waals surface area contributed by atoms with E-state index in [4.69, 9.17) is 9.47 Å². The molecule has 2 N–H and O–H groups in total. The van der Waals surface area contributed by atoms with Crippen molar-refractivity contribution < 1.29 is 13.9 Å². The van der Waals surface area contributed by atoms with Crippen LogP contribution in [-0.2, 0) is 6.42 Å². The monoisotopic (exact) mass is 380 g/mol. The largest absolute Gasteiger partial charge is 0.486 e. The summed E-state index contributed by atoms with van der Waals surface area (Å²) in [6, 6.07) is 14.1. The van der Waals surface area contributed by atoms with Gasteiger partial charge in [-0.25, -0.2) is 9.37 Å². The molecular formula is C21H21FN4O2. The maximum Gasteiger partial charge on any atom is 0.229 e. The SMILES string of the molecule is Cc1cc(NCCc2ccc(F)cc2)nc(Nc2ccc3c(c2)OCCO3)n1. The molecule has 1 aliphatic heterocycles. The van der Waals surface area contributed by atoms with Crippen molar-refractivity contribution in [1.29, 1.82) is 0 Å². The van der Waals surface area contributed by atoms with Gasteiger partial charge in [-0.15, -0.1) is 0 Å². The third-order valence-corrected chi connectivity index (χ3v) is 4.29. The Balaban J connectivity index is 1.41. The predicted octanol–water partition coefficient (Wildman–Crippen LogP) is 4.09. The molecule has 0 aliphatic carbocycles. The fraction of sp³-hybridized carbons (Fsp3) is 0.238. The van der Waals surface area contributed by atoms with Crippen molar-refractivity contribution in [3.05, 3.63) is 65.6 Å².